The molecule has 0 unspecified atom stereocenters. The number of aliphatic carboxylic acids is 1. The molecule has 0 bridgehead atoms. The SMILES string of the molecule is COc1cc(C=CC(=O)NC[C@]2(O)CC[C@](C)(C(=O)[O-])CC2)ccc1[O-].[Na+].[Na+]. The fourth-order valence-electron chi connectivity index (χ4n) is 2.92. The van der Waals surface area contributed by atoms with Crippen molar-refractivity contribution in [1.29, 1.82) is 0 Å². The first-order valence-electron chi connectivity index (χ1n) is 8.42. The number of methoxy groups -OCH3 is 1. The Labute approximate surface area is 209 Å². The summed E-state index contributed by atoms with van der Waals surface area (Å²) in [4.78, 5) is 23.1. The Morgan fingerprint density at radius 1 is 1.25 bits per heavy atom. The maximum Gasteiger partial charge on any atom is 1.00 e. The summed E-state index contributed by atoms with van der Waals surface area (Å²) < 4.78 is 4.94. The molecule has 1 aliphatic rings. The number of nitrogens with one attached hydrogen (secondary N) is 1. The van der Waals surface area contributed by atoms with Gasteiger partial charge in [-0.3, -0.25) is 4.79 Å². The van der Waals surface area contributed by atoms with Crippen LogP contribution in [0.5, 0.6) is 11.5 Å². The Morgan fingerprint density at radius 2 is 1.86 bits per heavy atom. The van der Waals surface area contributed by atoms with E-state index in [0.29, 0.717) is 18.4 Å². The van der Waals surface area contributed by atoms with E-state index in [1.807, 2.05) is 0 Å². The van der Waals surface area contributed by atoms with Crippen molar-refractivity contribution >= 4 is 18.0 Å². The van der Waals surface area contributed by atoms with Crippen LogP contribution in [0.15, 0.2) is 24.3 Å². The zero-order chi connectivity index (χ0) is 19.4. The van der Waals surface area contributed by atoms with Crippen LogP contribution in [0, 0.1) is 5.41 Å². The van der Waals surface area contributed by atoms with E-state index in [1.54, 1.807) is 13.0 Å². The van der Waals surface area contributed by atoms with Crippen molar-refractivity contribution in [2.75, 3.05) is 13.7 Å². The number of hydrogen-bond donors (Lipinski definition) is 2. The molecule has 1 saturated carbocycles. The van der Waals surface area contributed by atoms with Crippen molar-refractivity contribution in [1.82, 2.24) is 5.32 Å². The molecule has 0 aromatic heterocycles. The largest absolute Gasteiger partial charge is 1.00 e. The zero-order valence-corrected chi connectivity index (χ0v) is 20.9. The van der Waals surface area contributed by atoms with E-state index in [9.17, 15) is 24.9 Å². The molecule has 9 heteroatoms. The third-order valence-corrected chi connectivity index (χ3v) is 4.98. The molecule has 1 fully saturated rings. The third kappa shape index (κ3) is 7.37. The van der Waals surface area contributed by atoms with Crippen molar-refractivity contribution in [2.24, 2.45) is 5.41 Å². The molecule has 0 aliphatic heterocycles. The van der Waals surface area contributed by atoms with Gasteiger partial charge in [-0.1, -0.05) is 24.8 Å². The molecule has 28 heavy (non-hydrogen) atoms. The van der Waals surface area contributed by atoms with Crippen LogP contribution in [-0.2, 0) is 9.59 Å². The number of carboxylic acid groups (broad SMARTS) is 1. The second-order valence-corrected chi connectivity index (χ2v) is 7.03. The second-order valence-electron chi connectivity index (χ2n) is 7.03. The van der Waals surface area contributed by atoms with Crippen molar-refractivity contribution < 1.29 is 88.8 Å². The summed E-state index contributed by atoms with van der Waals surface area (Å²) in [6, 6.07) is 4.46. The first kappa shape index (κ1) is 27.5. The minimum atomic E-state index is -1.12. The number of rotatable bonds is 6. The fraction of sp³-hybridized carbons (Fsp3) is 0.474. The van der Waals surface area contributed by atoms with Gasteiger partial charge in [-0.05, 0) is 43.4 Å². The topological polar surface area (TPSA) is 122 Å². The molecule has 142 valence electrons. The van der Waals surface area contributed by atoms with Crippen molar-refractivity contribution in [3.8, 4) is 11.5 Å². The van der Waals surface area contributed by atoms with Crippen LogP contribution in [0.3, 0.4) is 0 Å². The van der Waals surface area contributed by atoms with Crippen LogP contribution in [0.2, 0.25) is 0 Å². The standard InChI is InChI=1S/C19H25NO6.2Na/c1-18(17(23)24)7-9-19(25,10-8-18)12-20-16(22)6-4-13-3-5-14(21)15(11-13)26-2;;/h3-6,11,21,25H,7-10,12H2,1-2H3,(H,20,22)(H,23,24);;/q;2*+1/p-2/t18-,19-;;. The van der Waals surface area contributed by atoms with Gasteiger partial charge in [0.05, 0.1) is 12.7 Å². The van der Waals surface area contributed by atoms with Crippen LogP contribution in [0.1, 0.15) is 38.2 Å². The van der Waals surface area contributed by atoms with Gasteiger partial charge in [0, 0.05) is 24.0 Å². The molecule has 0 spiro atoms. The third-order valence-electron chi connectivity index (χ3n) is 4.98. The summed E-state index contributed by atoms with van der Waals surface area (Å²) >= 11 is 0. The van der Waals surface area contributed by atoms with Crippen molar-refractivity contribution in [3.05, 3.63) is 29.8 Å². The van der Waals surface area contributed by atoms with E-state index in [-0.39, 0.29) is 90.0 Å². The molecule has 2 N–H and O–H groups in total. The maximum absolute atomic E-state index is 12.0. The summed E-state index contributed by atoms with van der Waals surface area (Å²) in [6.45, 7) is 1.66. The van der Waals surface area contributed by atoms with Crippen molar-refractivity contribution in [2.45, 2.75) is 38.2 Å². The van der Waals surface area contributed by atoms with Gasteiger partial charge >= 0.3 is 59.1 Å². The Hall–Kier alpha value is -0.540. The number of benzene rings is 1. The molecule has 1 aromatic carbocycles. The Morgan fingerprint density at radius 3 is 2.39 bits per heavy atom. The predicted octanol–water partition coefficient (Wildman–Crippen LogP) is -6.03. The van der Waals surface area contributed by atoms with E-state index in [1.165, 1.54) is 31.4 Å². The van der Waals surface area contributed by atoms with Gasteiger partial charge in [-0.15, -0.1) is 0 Å². The summed E-state index contributed by atoms with van der Waals surface area (Å²) in [6.07, 6.45) is 4.01. The normalized spacial score (nSPS) is 24.0. The average molecular weight is 407 g/mol. The van der Waals surface area contributed by atoms with Gasteiger partial charge in [-0.25, -0.2) is 0 Å². The predicted molar refractivity (Wildman–Crippen MR) is 91.0 cm³/mol. The number of amides is 1. The van der Waals surface area contributed by atoms with E-state index < -0.39 is 22.9 Å². The molecule has 0 radical (unpaired) electrons. The van der Waals surface area contributed by atoms with Gasteiger partial charge in [0.15, 0.2) is 0 Å². The number of ether oxygens (including phenoxy) is 1. The summed E-state index contributed by atoms with van der Waals surface area (Å²) in [5.74, 6) is -1.54. The molecule has 0 atom stereocenters. The van der Waals surface area contributed by atoms with Gasteiger partial charge in [0.25, 0.3) is 0 Å². The van der Waals surface area contributed by atoms with Crippen molar-refractivity contribution in [3.63, 3.8) is 0 Å². The summed E-state index contributed by atoms with van der Waals surface area (Å²) in [7, 11) is 1.40. The molecule has 0 saturated heterocycles. The van der Waals surface area contributed by atoms with E-state index in [4.69, 9.17) is 4.74 Å². The van der Waals surface area contributed by atoms with Gasteiger partial charge < -0.3 is 30.2 Å². The van der Waals surface area contributed by atoms with Gasteiger partial charge in [-0.2, -0.15) is 0 Å². The minimum absolute atomic E-state index is 0. The second kappa shape index (κ2) is 11.6. The summed E-state index contributed by atoms with van der Waals surface area (Å²) in [5.41, 5.74) is -1.41. The van der Waals surface area contributed by atoms with Crippen LogP contribution < -0.4 is 79.4 Å². The molecule has 2 rings (SSSR count). The van der Waals surface area contributed by atoms with Crippen LogP contribution in [0.25, 0.3) is 6.08 Å². The number of carbonyl (C=O) groups is 2. The monoisotopic (exact) mass is 407 g/mol. The summed E-state index contributed by atoms with van der Waals surface area (Å²) in [5, 5.41) is 35.7. The zero-order valence-electron chi connectivity index (χ0n) is 16.9. The Balaban J connectivity index is 0.00000364. The molecule has 1 aromatic rings. The Bertz CT molecular complexity index is 714. The van der Waals surface area contributed by atoms with Gasteiger partial charge in [0.1, 0.15) is 5.75 Å². The fourth-order valence-corrected chi connectivity index (χ4v) is 2.92. The smallest absolute Gasteiger partial charge is 0.870 e. The average Bonchev–Trinajstić information content (AvgIpc) is 2.62. The number of carbonyl (C=O) groups excluding carboxylic acids is 2. The van der Waals surface area contributed by atoms with Crippen LogP contribution in [-0.4, -0.2) is 36.2 Å². The maximum atomic E-state index is 12.0. The number of hydrogen-bond acceptors (Lipinski definition) is 6. The van der Waals surface area contributed by atoms with E-state index >= 15 is 0 Å². The minimum Gasteiger partial charge on any atom is -0.870 e. The molecule has 7 nitrogen and oxygen atoms in total. The van der Waals surface area contributed by atoms with Crippen LogP contribution >= 0.6 is 0 Å². The number of aliphatic hydroxyl groups is 1. The van der Waals surface area contributed by atoms with E-state index in [0.717, 1.165) is 0 Å². The molecule has 1 amide bonds. The molecular formula is C19H23NNa2O6. The number of carboxylic acids is 1. The van der Waals surface area contributed by atoms with Crippen LogP contribution in [0.4, 0.5) is 0 Å². The van der Waals surface area contributed by atoms with Gasteiger partial charge in [0.2, 0.25) is 5.91 Å². The molecule has 0 heterocycles. The molecular weight excluding hydrogens is 384 g/mol. The Kier molecular flexibility index (Phi) is 11.4. The first-order chi connectivity index (χ1) is 12.2. The quantitative estimate of drug-likeness (QED) is 0.358. The first-order valence-corrected chi connectivity index (χ1v) is 8.42. The molecule has 1 aliphatic carbocycles. The van der Waals surface area contributed by atoms with E-state index in [2.05, 4.69) is 5.32 Å².